The van der Waals surface area contributed by atoms with Crippen molar-refractivity contribution in [3.05, 3.63) is 54.2 Å². The fraction of sp³-hybridized carbons (Fsp3) is 0.263. The third kappa shape index (κ3) is 2.57. The van der Waals surface area contributed by atoms with E-state index in [2.05, 4.69) is 0 Å². The van der Waals surface area contributed by atoms with Crippen LogP contribution in [0.15, 0.2) is 53.6 Å². The molecule has 0 saturated carbocycles. The largest absolute Gasteiger partial charge is 0.493 e. The number of aromatic nitrogens is 1. The number of fused-ring (bicyclic) bond motifs is 3. The van der Waals surface area contributed by atoms with Crippen LogP contribution >= 0.6 is 0 Å². The summed E-state index contributed by atoms with van der Waals surface area (Å²) in [4.78, 5) is 0.262. The minimum absolute atomic E-state index is 0.262. The van der Waals surface area contributed by atoms with E-state index in [4.69, 9.17) is 9.47 Å². The number of hydrogen-bond donors (Lipinski definition) is 0. The Hall–Kier alpha value is -2.47. The van der Waals surface area contributed by atoms with Gasteiger partial charge in [-0.15, -0.1) is 0 Å². The van der Waals surface area contributed by atoms with E-state index in [1.54, 1.807) is 49.7 Å². The summed E-state index contributed by atoms with van der Waals surface area (Å²) in [6.07, 6.45) is 4.43. The molecule has 2 heterocycles. The molecular formula is C19H19NO4S. The van der Waals surface area contributed by atoms with Gasteiger partial charge in [-0.2, -0.15) is 0 Å². The molecule has 0 fully saturated rings. The van der Waals surface area contributed by atoms with Crippen molar-refractivity contribution in [2.24, 2.45) is 0 Å². The topological polar surface area (TPSA) is 57.5 Å². The number of rotatable bonds is 3. The lowest BCUT2D eigenvalue weighted by Crippen LogP contribution is -2.12. The van der Waals surface area contributed by atoms with Gasteiger partial charge >= 0.3 is 0 Å². The van der Waals surface area contributed by atoms with Crippen LogP contribution in [0.1, 0.15) is 18.4 Å². The maximum atomic E-state index is 13.0. The number of methoxy groups -OCH3 is 1. The highest BCUT2D eigenvalue weighted by Gasteiger charge is 2.24. The van der Waals surface area contributed by atoms with E-state index in [1.807, 2.05) is 6.07 Å². The third-order valence-corrected chi connectivity index (χ3v) is 6.27. The lowest BCUT2D eigenvalue weighted by Gasteiger charge is -2.15. The highest BCUT2D eigenvalue weighted by atomic mass is 32.2. The monoisotopic (exact) mass is 357 g/mol. The molecule has 130 valence electrons. The smallest absolute Gasteiger partial charge is 0.268 e. The molecule has 0 bridgehead atoms. The highest BCUT2D eigenvalue weighted by Crippen LogP contribution is 2.41. The Bertz CT molecular complexity index is 1020. The number of nitrogens with zero attached hydrogens (tertiary/aromatic N) is 1. The fourth-order valence-electron chi connectivity index (χ4n) is 3.34. The molecule has 1 aromatic heterocycles. The molecule has 0 aliphatic carbocycles. The second-order valence-corrected chi connectivity index (χ2v) is 7.87. The van der Waals surface area contributed by atoms with Crippen molar-refractivity contribution in [3.8, 4) is 11.5 Å². The Morgan fingerprint density at radius 3 is 2.68 bits per heavy atom. The van der Waals surface area contributed by atoms with Crippen LogP contribution in [0.4, 0.5) is 0 Å². The first-order chi connectivity index (χ1) is 12.1. The summed E-state index contributed by atoms with van der Waals surface area (Å²) >= 11 is 0. The van der Waals surface area contributed by atoms with Gasteiger partial charge in [-0.05, 0) is 37.5 Å². The standard InChI is InChI=1S/C19H19NO4S/c1-23-18-13-17-15(16-9-5-6-12-24-19(16)18)10-11-20(17)25(21,22)14-7-3-2-4-8-14/h2-4,7-8,10-11,13H,5-6,9,12H2,1H3. The molecule has 6 heteroatoms. The summed E-state index contributed by atoms with van der Waals surface area (Å²) < 4.78 is 38.8. The van der Waals surface area contributed by atoms with Gasteiger partial charge in [0, 0.05) is 23.2 Å². The molecule has 0 N–H and O–H groups in total. The highest BCUT2D eigenvalue weighted by molar-refractivity contribution is 7.90. The van der Waals surface area contributed by atoms with E-state index in [0.717, 1.165) is 36.0 Å². The Kier molecular flexibility index (Phi) is 3.92. The van der Waals surface area contributed by atoms with Crippen LogP contribution in [0.2, 0.25) is 0 Å². The summed E-state index contributed by atoms with van der Waals surface area (Å²) in [6, 6.07) is 12.0. The quantitative estimate of drug-likeness (QED) is 0.719. The number of ether oxygens (including phenoxy) is 2. The zero-order valence-corrected chi connectivity index (χ0v) is 14.8. The van der Waals surface area contributed by atoms with E-state index < -0.39 is 10.0 Å². The Balaban J connectivity index is 1.98. The molecule has 0 saturated heterocycles. The normalized spacial score (nSPS) is 14.6. The van der Waals surface area contributed by atoms with Gasteiger partial charge in [0.05, 0.1) is 24.1 Å². The van der Waals surface area contributed by atoms with Crippen LogP contribution < -0.4 is 9.47 Å². The van der Waals surface area contributed by atoms with Crippen LogP contribution in [-0.2, 0) is 16.4 Å². The fourth-order valence-corrected chi connectivity index (χ4v) is 4.69. The van der Waals surface area contributed by atoms with Gasteiger partial charge in [0.15, 0.2) is 11.5 Å². The Morgan fingerprint density at radius 1 is 1.12 bits per heavy atom. The lowest BCUT2D eigenvalue weighted by molar-refractivity contribution is 0.295. The lowest BCUT2D eigenvalue weighted by atomic mass is 10.0. The van der Waals surface area contributed by atoms with Crippen LogP contribution in [0.3, 0.4) is 0 Å². The second kappa shape index (κ2) is 6.11. The minimum Gasteiger partial charge on any atom is -0.493 e. The summed E-state index contributed by atoms with van der Waals surface area (Å²) in [6.45, 7) is 0.651. The van der Waals surface area contributed by atoms with Gasteiger partial charge in [-0.3, -0.25) is 0 Å². The maximum absolute atomic E-state index is 13.0. The van der Waals surface area contributed by atoms with Gasteiger partial charge in [0.25, 0.3) is 10.0 Å². The predicted molar refractivity (Wildman–Crippen MR) is 95.9 cm³/mol. The van der Waals surface area contributed by atoms with Gasteiger partial charge in [-0.1, -0.05) is 18.2 Å². The molecular weight excluding hydrogens is 338 g/mol. The first kappa shape index (κ1) is 16.0. The number of aryl methyl sites for hydroxylation is 1. The average molecular weight is 357 g/mol. The molecule has 2 aromatic carbocycles. The van der Waals surface area contributed by atoms with Crippen molar-refractivity contribution < 1.29 is 17.9 Å². The van der Waals surface area contributed by atoms with Crippen molar-refractivity contribution in [1.29, 1.82) is 0 Å². The summed E-state index contributed by atoms with van der Waals surface area (Å²) in [5.41, 5.74) is 1.64. The Labute approximate surface area is 146 Å². The average Bonchev–Trinajstić information content (AvgIpc) is 2.92. The molecule has 3 aromatic rings. The van der Waals surface area contributed by atoms with E-state index in [1.165, 1.54) is 3.97 Å². The first-order valence-corrected chi connectivity index (χ1v) is 9.71. The van der Waals surface area contributed by atoms with Crippen LogP contribution in [-0.4, -0.2) is 26.1 Å². The van der Waals surface area contributed by atoms with Crippen LogP contribution in [0.25, 0.3) is 10.9 Å². The molecule has 1 aliphatic heterocycles. The SMILES string of the molecule is COc1cc2c(ccn2S(=O)(=O)c2ccccc2)c2c1OCCCC2. The molecule has 5 nitrogen and oxygen atoms in total. The second-order valence-electron chi connectivity index (χ2n) is 6.05. The molecule has 0 unspecified atom stereocenters. The van der Waals surface area contributed by atoms with Crippen molar-refractivity contribution in [2.75, 3.05) is 13.7 Å². The summed E-state index contributed by atoms with van der Waals surface area (Å²) in [5, 5.41) is 0.900. The molecule has 0 radical (unpaired) electrons. The first-order valence-electron chi connectivity index (χ1n) is 8.27. The van der Waals surface area contributed by atoms with Crippen LogP contribution in [0, 0.1) is 0 Å². The molecule has 4 rings (SSSR count). The molecule has 0 spiro atoms. The summed E-state index contributed by atoms with van der Waals surface area (Å²) in [7, 11) is -2.08. The van der Waals surface area contributed by atoms with Gasteiger partial charge < -0.3 is 9.47 Å². The zero-order chi connectivity index (χ0) is 17.4. The summed E-state index contributed by atoms with van der Waals surface area (Å²) in [5.74, 6) is 1.31. The van der Waals surface area contributed by atoms with Crippen molar-refractivity contribution >= 4 is 20.9 Å². The van der Waals surface area contributed by atoms with Crippen molar-refractivity contribution in [2.45, 2.75) is 24.2 Å². The van der Waals surface area contributed by atoms with Crippen molar-refractivity contribution in [1.82, 2.24) is 3.97 Å². The van der Waals surface area contributed by atoms with Crippen LogP contribution in [0.5, 0.6) is 11.5 Å². The number of hydrogen-bond acceptors (Lipinski definition) is 4. The van der Waals surface area contributed by atoms with Crippen molar-refractivity contribution in [3.63, 3.8) is 0 Å². The van der Waals surface area contributed by atoms with E-state index in [0.29, 0.717) is 17.9 Å². The van der Waals surface area contributed by atoms with E-state index in [9.17, 15) is 8.42 Å². The van der Waals surface area contributed by atoms with E-state index >= 15 is 0 Å². The molecule has 25 heavy (non-hydrogen) atoms. The van der Waals surface area contributed by atoms with Gasteiger partial charge in [-0.25, -0.2) is 12.4 Å². The van der Waals surface area contributed by atoms with E-state index in [-0.39, 0.29) is 4.90 Å². The van der Waals surface area contributed by atoms with Gasteiger partial charge in [0.2, 0.25) is 0 Å². The Morgan fingerprint density at radius 2 is 1.92 bits per heavy atom. The zero-order valence-electron chi connectivity index (χ0n) is 13.9. The maximum Gasteiger partial charge on any atom is 0.268 e. The molecule has 0 atom stereocenters. The molecule has 0 amide bonds. The predicted octanol–water partition coefficient (Wildman–Crippen LogP) is 3.60. The van der Waals surface area contributed by atoms with Gasteiger partial charge in [0.1, 0.15) is 0 Å². The third-order valence-electron chi connectivity index (χ3n) is 4.57. The minimum atomic E-state index is -3.66. The molecule has 1 aliphatic rings. The number of benzene rings is 2.